The summed E-state index contributed by atoms with van der Waals surface area (Å²) in [4.78, 5) is 2.18. The third-order valence-electron chi connectivity index (χ3n) is 2.89. The molecule has 0 radical (unpaired) electrons. The van der Waals surface area contributed by atoms with Crippen molar-refractivity contribution in [2.75, 3.05) is 20.2 Å². The third kappa shape index (κ3) is 5.28. The molecule has 0 aromatic rings. The van der Waals surface area contributed by atoms with Crippen molar-refractivity contribution in [2.45, 2.75) is 53.6 Å². The molecule has 98 valence electrons. The lowest BCUT2D eigenvalue weighted by Crippen LogP contribution is -2.55. The molecule has 0 amide bonds. The predicted octanol–water partition coefficient (Wildman–Crippen LogP) is 1.70. The highest BCUT2D eigenvalue weighted by atomic mass is 16.3. The van der Waals surface area contributed by atoms with Gasteiger partial charge in [-0.3, -0.25) is 4.90 Å². The highest BCUT2D eigenvalue weighted by Crippen LogP contribution is 2.24. The van der Waals surface area contributed by atoms with E-state index in [2.05, 4.69) is 46.4 Å². The maximum Gasteiger partial charge on any atom is 0.0602 e. The van der Waals surface area contributed by atoms with E-state index in [0.717, 1.165) is 6.54 Å². The van der Waals surface area contributed by atoms with Crippen molar-refractivity contribution < 1.29 is 5.11 Å². The number of aliphatic hydroxyl groups excluding tert-OH is 1. The molecule has 0 aliphatic heterocycles. The van der Waals surface area contributed by atoms with E-state index in [0.29, 0.717) is 0 Å². The standard InChI is InChI=1S/C13H30N2O/c1-12(2,3)9-15(7)10(8-16)11(14)13(4,5)6/h10-11,16H,8-9,14H2,1-7H3. The van der Waals surface area contributed by atoms with Crippen LogP contribution in [0.1, 0.15) is 41.5 Å². The van der Waals surface area contributed by atoms with Gasteiger partial charge in [0.05, 0.1) is 6.61 Å². The number of hydrogen-bond acceptors (Lipinski definition) is 3. The van der Waals surface area contributed by atoms with E-state index < -0.39 is 0 Å². The molecule has 0 heterocycles. The van der Waals surface area contributed by atoms with E-state index in [1.807, 2.05) is 7.05 Å². The number of aliphatic hydroxyl groups is 1. The molecule has 2 atom stereocenters. The van der Waals surface area contributed by atoms with Gasteiger partial charge in [0.15, 0.2) is 0 Å². The Morgan fingerprint density at radius 3 is 1.81 bits per heavy atom. The molecule has 0 aliphatic carbocycles. The van der Waals surface area contributed by atoms with Crippen molar-refractivity contribution in [2.24, 2.45) is 16.6 Å². The van der Waals surface area contributed by atoms with Gasteiger partial charge in [-0.05, 0) is 17.9 Å². The Morgan fingerprint density at radius 2 is 1.56 bits per heavy atom. The van der Waals surface area contributed by atoms with Crippen LogP contribution >= 0.6 is 0 Å². The summed E-state index contributed by atoms with van der Waals surface area (Å²) in [5, 5.41) is 9.51. The Bertz CT molecular complexity index is 203. The van der Waals surface area contributed by atoms with Gasteiger partial charge in [-0.15, -0.1) is 0 Å². The molecule has 3 heteroatoms. The summed E-state index contributed by atoms with van der Waals surface area (Å²) < 4.78 is 0. The van der Waals surface area contributed by atoms with Crippen LogP contribution in [-0.2, 0) is 0 Å². The highest BCUT2D eigenvalue weighted by Gasteiger charge is 2.32. The summed E-state index contributed by atoms with van der Waals surface area (Å²) in [6.45, 7) is 14.0. The molecule has 3 N–H and O–H groups in total. The lowest BCUT2D eigenvalue weighted by atomic mass is 9.82. The fourth-order valence-electron chi connectivity index (χ4n) is 1.97. The van der Waals surface area contributed by atoms with Crippen molar-refractivity contribution in [3.8, 4) is 0 Å². The smallest absolute Gasteiger partial charge is 0.0602 e. The highest BCUT2D eigenvalue weighted by molar-refractivity contribution is 4.89. The second-order valence-electron chi connectivity index (χ2n) is 7.12. The minimum atomic E-state index is -0.0233. The molecule has 0 bridgehead atoms. The first-order chi connectivity index (χ1) is 6.99. The maximum atomic E-state index is 9.51. The lowest BCUT2D eigenvalue weighted by molar-refractivity contribution is 0.0674. The second-order valence-corrected chi connectivity index (χ2v) is 7.12. The second kappa shape index (κ2) is 5.48. The van der Waals surface area contributed by atoms with Crippen LogP contribution in [0.4, 0.5) is 0 Å². The minimum absolute atomic E-state index is 0.0134. The van der Waals surface area contributed by atoms with Gasteiger partial charge in [0.1, 0.15) is 0 Å². The van der Waals surface area contributed by atoms with Crippen LogP contribution in [0, 0.1) is 10.8 Å². The minimum Gasteiger partial charge on any atom is -0.395 e. The van der Waals surface area contributed by atoms with E-state index in [1.54, 1.807) is 0 Å². The van der Waals surface area contributed by atoms with Crippen LogP contribution in [0.15, 0.2) is 0 Å². The number of likely N-dealkylation sites (N-methyl/N-ethyl adjacent to an activating group) is 1. The largest absolute Gasteiger partial charge is 0.395 e. The van der Waals surface area contributed by atoms with Crippen molar-refractivity contribution in [1.29, 1.82) is 0 Å². The van der Waals surface area contributed by atoms with Crippen LogP contribution in [0.5, 0.6) is 0 Å². The molecule has 16 heavy (non-hydrogen) atoms. The van der Waals surface area contributed by atoms with Gasteiger partial charge >= 0.3 is 0 Å². The number of rotatable bonds is 4. The molecule has 0 aromatic carbocycles. The summed E-state index contributed by atoms with van der Waals surface area (Å²) in [6.07, 6.45) is 0. The lowest BCUT2D eigenvalue weighted by Gasteiger charge is -2.40. The monoisotopic (exact) mass is 230 g/mol. The number of nitrogens with two attached hydrogens (primary N) is 1. The van der Waals surface area contributed by atoms with Gasteiger partial charge < -0.3 is 10.8 Å². The summed E-state index contributed by atoms with van der Waals surface area (Å²) in [6, 6.07) is 0.00377. The molecule has 0 spiro atoms. The molecule has 3 nitrogen and oxygen atoms in total. The van der Waals surface area contributed by atoms with Crippen LogP contribution in [0.3, 0.4) is 0 Å². The van der Waals surface area contributed by atoms with Crippen LogP contribution in [0.2, 0.25) is 0 Å². The quantitative estimate of drug-likeness (QED) is 0.773. The number of nitrogens with zero attached hydrogens (tertiary/aromatic N) is 1. The molecule has 0 saturated carbocycles. The molecule has 0 aromatic heterocycles. The Hall–Kier alpha value is -0.120. The first-order valence-corrected chi connectivity index (χ1v) is 6.06. The zero-order valence-electron chi connectivity index (χ0n) is 12.0. The molecule has 2 unspecified atom stereocenters. The van der Waals surface area contributed by atoms with Gasteiger partial charge in [0.2, 0.25) is 0 Å². The Balaban J connectivity index is 4.61. The first kappa shape index (κ1) is 15.9. The van der Waals surface area contributed by atoms with E-state index in [9.17, 15) is 5.11 Å². The van der Waals surface area contributed by atoms with Crippen molar-refractivity contribution in [1.82, 2.24) is 4.90 Å². The molecular formula is C13H30N2O. The third-order valence-corrected chi connectivity index (χ3v) is 2.89. The molecule has 0 rings (SSSR count). The van der Waals surface area contributed by atoms with E-state index in [1.165, 1.54) is 0 Å². The van der Waals surface area contributed by atoms with Gasteiger partial charge in [-0.1, -0.05) is 41.5 Å². The fourth-order valence-corrected chi connectivity index (χ4v) is 1.97. The first-order valence-electron chi connectivity index (χ1n) is 6.06. The van der Waals surface area contributed by atoms with E-state index in [-0.39, 0.29) is 29.5 Å². The number of hydrogen-bond donors (Lipinski definition) is 2. The van der Waals surface area contributed by atoms with Crippen LogP contribution in [-0.4, -0.2) is 42.3 Å². The predicted molar refractivity (Wildman–Crippen MR) is 70.4 cm³/mol. The van der Waals surface area contributed by atoms with Gasteiger partial charge in [-0.2, -0.15) is 0 Å². The van der Waals surface area contributed by atoms with Gasteiger partial charge in [0.25, 0.3) is 0 Å². The average molecular weight is 230 g/mol. The summed E-state index contributed by atoms with van der Waals surface area (Å²) in [5.41, 5.74) is 6.46. The van der Waals surface area contributed by atoms with Crippen LogP contribution in [0.25, 0.3) is 0 Å². The summed E-state index contributed by atoms with van der Waals surface area (Å²) >= 11 is 0. The SMILES string of the molecule is CN(CC(C)(C)C)C(CO)C(N)C(C)(C)C. The summed E-state index contributed by atoms with van der Waals surface area (Å²) in [5.74, 6) is 0. The Kier molecular flexibility index (Phi) is 5.44. The zero-order valence-corrected chi connectivity index (χ0v) is 12.0. The van der Waals surface area contributed by atoms with E-state index >= 15 is 0 Å². The fraction of sp³-hybridized carbons (Fsp3) is 1.00. The Labute approximate surface area is 101 Å². The average Bonchev–Trinajstić information content (AvgIpc) is 1.99. The molecule has 0 fully saturated rings. The topological polar surface area (TPSA) is 49.5 Å². The van der Waals surface area contributed by atoms with Gasteiger partial charge in [-0.25, -0.2) is 0 Å². The van der Waals surface area contributed by atoms with E-state index in [4.69, 9.17) is 5.73 Å². The molecule has 0 saturated heterocycles. The Morgan fingerprint density at radius 1 is 1.12 bits per heavy atom. The summed E-state index contributed by atoms with van der Waals surface area (Å²) in [7, 11) is 2.04. The van der Waals surface area contributed by atoms with Crippen LogP contribution < -0.4 is 5.73 Å². The molecular weight excluding hydrogens is 200 g/mol. The van der Waals surface area contributed by atoms with Crippen molar-refractivity contribution >= 4 is 0 Å². The maximum absolute atomic E-state index is 9.51. The molecule has 0 aliphatic rings. The van der Waals surface area contributed by atoms with Gasteiger partial charge in [0, 0.05) is 18.6 Å². The van der Waals surface area contributed by atoms with Crippen molar-refractivity contribution in [3.63, 3.8) is 0 Å². The zero-order chi connectivity index (χ0) is 13.1. The normalized spacial score (nSPS) is 17.6. The van der Waals surface area contributed by atoms with Crippen molar-refractivity contribution in [3.05, 3.63) is 0 Å².